The van der Waals surface area contributed by atoms with Crippen LogP contribution in [0.5, 0.6) is 0 Å². The van der Waals surface area contributed by atoms with Crippen LogP contribution < -0.4 is 0 Å². The summed E-state index contributed by atoms with van der Waals surface area (Å²) in [5.41, 5.74) is 2.28. The predicted octanol–water partition coefficient (Wildman–Crippen LogP) is 7.35. The molecule has 0 bridgehead atoms. The first-order chi connectivity index (χ1) is 15.9. The van der Waals surface area contributed by atoms with Gasteiger partial charge in [0.1, 0.15) is 0 Å². The van der Waals surface area contributed by atoms with Gasteiger partial charge in [0.2, 0.25) is 0 Å². The van der Waals surface area contributed by atoms with E-state index >= 15 is 0 Å². The van der Waals surface area contributed by atoms with Crippen molar-refractivity contribution < 1.29 is 0 Å². The van der Waals surface area contributed by atoms with E-state index in [1.54, 1.807) is 12.4 Å². The molecule has 0 radical (unpaired) electrons. The molecule has 0 aliphatic rings. The Morgan fingerprint density at radius 1 is 0.469 bits per heavy atom. The highest BCUT2D eigenvalue weighted by Crippen LogP contribution is 2.34. The molecule has 0 fully saturated rings. The Kier molecular flexibility index (Phi) is 5.66. The minimum atomic E-state index is 0.466. The number of nitrogens with zero attached hydrogens (tertiary/aromatic N) is 6. The van der Waals surface area contributed by atoms with Gasteiger partial charge in [-0.1, -0.05) is 60.7 Å². The van der Waals surface area contributed by atoms with Crippen molar-refractivity contribution in [3.05, 3.63) is 108 Å². The van der Waals surface area contributed by atoms with E-state index in [9.17, 15) is 0 Å². The summed E-state index contributed by atoms with van der Waals surface area (Å²) < 4.78 is 0. The van der Waals surface area contributed by atoms with Gasteiger partial charge < -0.3 is 0 Å². The molecule has 6 nitrogen and oxygen atoms in total. The van der Waals surface area contributed by atoms with Gasteiger partial charge in [-0.25, -0.2) is 9.97 Å². The molecular weight excluding hydrogens is 396 g/mol. The zero-order chi connectivity index (χ0) is 21.6. The summed E-state index contributed by atoms with van der Waals surface area (Å²) in [6.07, 6.45) is 3.43. The minimum Gasteiger partial charge on any atom is -0.236 e. The topological polar surface area (TPSA) is 75.2 Å². The van der Waals surface area contributed by atoms with E-state index in [1.165, 1.54) is 0 Å². The van der Waals surface area contributed by atoms with Crippen LogP contribution in [0, 0.1) is 0 Å². The van der Waals surface area contributed by atoms with E-state index in [-0.39, 0.29) is 0 Å². The number of aromatic nitrogens is 2. The first-order valence-electron chi connectivity index (χ1n) is 10.4. The maximum atomic E-state index is 4.46. The number of benzene rings is 3. The fourth-order valence-corrected chi connectivity index (χ4v) is 3.83. The lowest BCUT2D eigenvalue weighted by molar-refractivity contribution is 0.951. The summed E-state index contributed by atoms with van der Waals surface area (Å²) in [7, 11) is 0. The maximum Gasteiger partial charge on any atom is 0.173 e. The summed E-state index contributed by atoms with van der Waals surface area (Å²) in [5, 5.41) is 22.1. The van der Waals surface area contributed by atoms with Crippen LogP contribution in [0.3, 0.4) is 0 Å². The molecule has 0 aliphatic heterocycles. The fraction of sp³-hybridized carbons (Fsp3) is 0.0769. The van der Waals surface area contributed by atoms with E-state index in [0.29, 0.717) is 24.7 Å². The van der Waals surface area contributed by atoms with Crippen LogP contribution in [0.25, 0.3) is 21.5 Å². The molecule has 0 saturated heterocycles. The second kappa shape index (κ2) is 9.22. The molecule has 0 N–H and O–H groups in total. The molecule has 154 valence electrons. The molecule has 6 heteroatoms. The van der Waals surface area contributed by atoms with Gasteiger partial charge in [0, 0.05) is 12.4 Å². The van der Waals surface area contributed by atoms with E-state index in [4.69, 9.17) is 0 Å². The summed E-state index contributed by atoms with van der Waals surface area (Å²) in [6.45, 7) is 0.931. The average Bonchev–Trinajstić information content (AvgIpc) is 2.86. The Labute approximate surface area is 185 Å². The van der Waals surface area contributed by atoms with Crippen LogP contribution >= 0.6 is 0 Å². The molecule has 0 spiro atoms. The van der Waals surface area contributed by atoms with E-state index < -0.39 is 0 Å². The van der Waals surface area contributed by atoms with Crippen LogP contribution in [0.1, 0.15) is 11.1 Å². The van der Waals surface area contributed by atoms with Gasteiger partial charge in [0.25, 0.3) is 0 Å². The maximum absolute atomic E-state index is 4.46. The third-order valence-corrected chi connectivity index (χ3v) is 5.26. The van der Waals surface area contributed by atoms with E-state index in [1.807, 2.05) is 36.4 Å². The number of hydrogen-bond acceptors (Lipinski definition) is 6. The molecule has 2 heterocycles. The van der Waals surface area contributed by atoms with Crippen molar-refractivity contribution >= 4 is 33.2 Å². The van der Waals surface area contributed by atoms with Crippen LogP contribution in [-0.2, 0) is 13.1 Å². The predicted molar refractivity (Wildman–Crippen MR) is 126 cm³/mol. The van der Waals surface area contributed by atoms with Crippen molar-refractivity contribution in [1.29, 1.82) is 0 Å². The van der Waals surface area contributed by atoms with Gasteiger partial charge in [-0.05, 0) is 56.9 Å². The largest absolute Gasteiger partial charge is 0.236 e. The number of azo groups is 2. The zero-order valence-corrected chi connectivity index (χ0v) is 17.3. The normalized spacial score (nSPS) is 11.8. The van der Waals surface area contributed by atoms with Gasteiger partial charge in [0.05, 0.1) is 13.1 Å². The smallest absolute Gasteiger partial charge is 0.173 e. The van der Waals surface area contributed by atoms with Crippen molar-refractivity contribution in [3.63, 3.8) is 0 Å². The molecule has 0 amide bonds. The molecule has 0 atom stereocenters. The highest BCUT2D eigenvalue weighted by atomic mass is 15.1. The molecule has 3 aromatic carbocycles. The lowest BCUT2D eigenvalue weighted by atomic mass is 9.92. The van der Waals surface area contributed by atoms with Crippen LogP contribution in [0.15, 0.2) is 118 Å². The molecule has 0 saturated carbocycles. The van der Waals surface area contributed by atoms with Gasteiger partial charge in [0.15, 0.2) is 11.6 Å². The van der Waals surface area contributed by atoms with Crippen molar-refractivity contribution in [2.24, 2.45) is 20.5 Å². The van der Waals surface area contributed by atoms with Gasteiger partial charge in [-0.2, -0.15) is 10.2 Å². The Morgan fingerprint density at radius 2 is 0.844 bits per heavy atom. The molecule has 2 aromatic heterocycles. The number of fused-ring (bicyclic) bond motifs is 2. The summed E-state index contributed by atoms with van der Waals surface area (Å²) in [4.78, 5) is 8.44. The van der Waals surface area contributed by atoms with Crippen LogP contribution in [-0.4, -0.2) is 9.97 Å². The third kappa shape index (κ3) is 4.11. The summed E-state index contributed by atoms with van der Waals surface area (Å²) in [5.74, 6) is 1.21. The van der Waals surface area contributed by atoms with Gasteiger partial charge >= 0.3 is 0 Å². The van der Waals surface area contributed by atoms with Crippen LogP contribution in [0.2, 0.25) is 0 Å². The number of hydrogen-bond donors (Lipinski definition) is 0. The Morgan fingerprint density at radius 3 is 1.19 bits per heavy atom. The second-order valence-electron chi connectivity index (χ2n) is 7.22. The average molecular weight is 416 g/mol. The van der Waals surface area contributed by atoms with Crippen molar-refractivity contribution in [2.75, 3.05) is 0 Å². The zero-order valence-electron chi connectivity index (χ0n) is 17.3. The highest BCUT2D eigenvalue weighted by Gasteiger charge is 2.13. The molecule has 0 aliphatic carbocycles. The Hall–Kier alpha value is -4.32. The number of pyridine rings is 2. The van der Waals surface area contributed by atoms with E-state index in [0.717, 1.165) is 32.7 Å². The molecular formula is C26H20N6. The molecule has 5 rings (SSSR count). The fourth-order valence-electron chi connectivity index (χ4n) is 3.83. The van der Waals surface area contributed by atoms with Crippen molar-refractivity contribution in [2.45, 2.75) is 13.1 Å². The first kappa shape index (κ1) is 19.6. The molecule has 5 aromatic rings. The SMILES string of the molecule is c1ccc(N=NCc2c3ccccc3c(CN=Nc3ccccn3)c3ccccc23)nc1. The monoisotopic (exact) mass is 416 g/mol. The molecule has 32 heavy (non-hydrogen) atoms. The highest BCUT2D eigenvalue weighted by molar-refractivity contribution is 6.05. The molecule has 0 unspecified atom stereocenters. The van der Waals surface area contributed by atoms with Gasteiger partial charge in [-0.15, -0.1) is 10.2 Å². The Balaban J connectivity index is 1.57. The van der Waals surface area contributed by atoms with Gasteiger partial charge in [-0.3, -0.25) is 0 Å². The standard InChI is InChI=1S/C26H20N6/c1-2-10-20-19(9-1)23(17-29-31-25-13-5-7-15-27-25)21-11-3-4-12-22(21)24(20)18-30-32-26-14-6-8-16-28-26/h1-16H,17-18H2. The van der Waals surface area contributed by atoms with Crippen molar-refractivity contribution in [1.82, 2.24) is 9.97 Å². The first-order valence-corrected chi connectivity index (χ1v) is 10.4. The quantitative estimate of drug-likeness (QED) is 0.214. The second-order valence-corrected chi connectivity index (χ2v) is 7.22. The minimum absolute atomic E-state index is 0.466. The lowest BCUT2D eigenvalue weighted by Gasteiger charge is -2.14. The van der Waals surface area contributed by atoms with Crippen molar-refractivity contribution in [3.8, 4) is 0 Å². The summed E-state index contributed by atoms with van der Waals surface area (Å²) in [6, 6.07) is 28.0. The van der Waals surface area contributed by atoms with E-state index in [2.05, 4.69) is 79.0 Å². The van der Waals surface area contributed by atoms with Crippen LogP contribution in [0.4, 0.5) is 11.6 Å². The number of rotatable bonds is 6. The summed E-state index contributed by atoms with van der Waals surface area (Å²) >= 11 is 0. The lowest BCUT2D eigenvalue weighted by Crippen LogP contribution is -1.94. The Bertz CT molecular complexity index is 1250. The third-order valence-electron chi connectivity index (χ3n) is 5.26.